The molecule has 1 aliphatic rings. The van der Waals surface area contributed by atoms with Gasteiger partial charge in [0.15, 0.2) is 0 Å². The van der Waals surface area contributed by atoms with Crippen molar-refractivity contribution in [2.24, 2.45) is 5.92 Å². The third kappa shape index (κ3) is 4.88. The molecule has 1 fully saturated rings. The van der Waals surface area contributed by atoms with Gasteiger partial charge >= 0.3 is 0 Å². The van der Waals surface area contributed by atoms with Crippen LogP contribution in [0.3, 0.4) is 0 Å². The normalized spacial score (nSPS) is 16.9. The second-order valence-electron chi connectivity index (χ2n) is 6.31. The summed E-state index contributed by atoms with van der Waals surface area (Å²) < 4.78 is 13.2. The van der Waals surface area contributed by atoms with E-state index in [4.69, 9.17) is 0 Å². The fraction of sp³-hybridized carbons (Fsp3) is 0.647. The molecule has 1 unspecified atom stereocenters. The van der Waals surface area contributed by atoms with Crippen LogP contribution in [0, 0.1) is 11.7 Å². The molecule has 1 N–H and O–H groups in total. The monoisotopic (exact) mass is 279 g/mol. The highest BCUT2D eigenvalue weighted by Gasteiger charge is 2.28. The molecule has 0 saturated heterocycles. The second-order valence-corrected chi connectivity index (χ2v) is 6.31. The highest BCUT2D eigenvalue weighted by molar-refractivity contribution is 5.18. The van der Waals surface area contributed by atoms with E-state index in [-0.39, 0.29) is 5.82 Å². The molecule has 112 valence electrons. The molecule has 0 spiro atoms. The molecule has 1 atom stereocenters. The standard InChI is InChI=1S/C17H26FNO/c1-13(2)8-10-19(16-6-7-16)11-9-17(20)14-4-3-5-15(18)12-14/h3-5,12-13,16-17,20H,6-11H2,1-2H3. The summed E-state index contributed by atoms with van der Waals surface area (Å²) >= 11 is 0. The Morgan fingerprint density at radius 2 is 1.95 bits per heavy atom. The van der Waals surface area contributed by atoms with E-state index < -0.39 is 6.10 Å². The Morgan fingerprint density at radius 1 is 1.25 bits per heavy atom. The number of aliphatic hydroxyl groups is 1. The van der Waals surface area contributed by atoms with Crippen LogP contribution in [0.15, 0.2) is 24.3 Å². The van der Waals surface area contributed by atoms with Gasteiger partial charge in [0.05, 0.1) is 6.10 Å². The SMILES string of the molecule is CC(C)CCN(CCC(O)c1cccc(F)c1)C1CC1. The molecule has 0 bridgehead atoms. The van der Waals surface area contributed by atoms with Crippen molar-refractivity contribution in [1.29, 1.82) is 0 Å². The fourth-order valence-electron chi connectivity index (χ4n) is 2.51. The molecule has 0 radical (unpaired) electrons. The van der Waals surface area contributed by atoms with E-state index in [0.717, 1.165) is 13.1 Å². The Bertz CT molecular complexity index is 417. The minimum Gasteiger partial charge on any atom is -0.388 e. The van der Waals surface area contributed by atoms with Crippen molar-refractivity contribution in [2.75, 3.05) is 13.1 Å². The van der Waals surface area contributed by atoms with Gasteiger partial charge in [-0.3, -0.25) is 0 Å². The van der Waals surface area contributed by atoms with Crippen molar-refractivity contribution in [1.82, 2.24) is 4.90 Å². The topological polar surface area (TPSA) is 23.5 Å². The molecule has 0 aromatic heterocycles. The predicted octanol–water partition coefficient (Wildman–Crippen LogP) is 3.76. The Kier molecular flexibility index (Phi) is 5.55. The van der Waals surface area contributed by atoms with E-state index >= 15 is 0 Å². The Hall–Kier alpha value is -0.930. The van der Waals surface area contributed by atoms with Crippen molar-refractivity contribution in [2.45, 2.75) is 51.7 Å². The van der Waals surface area contributed by atoms with Crippen LogP contribution < -0.4 is 0 Å². The van der Waals surface area contributed by atoms with Crippen LogP contribution in [-0.2, 0) is 0 Å². The average Bonchev–Trinajstić information content (AvgIpc) is 3.22. The van der Waals surface area contributed by atoms with E-state index in [9.17, 15) is 9.50 Å². The number of benzene rings is 1. The third-order valence-corrected chi connectivity index (χ3v) is 3.98. The highest BCUT2D eigenvalue weighted by Crippen LogP contribution is 2.28. The minimum absolute atomic E-state index is 0.277. The summed E-state index contributed by atoms with van der Waals surface area (Å²) in [7, 11) is 0. The zero-order valence-electron chi connectivity index (χ0n) is 12.6. The molecule has 0 amide bonds. The third-order valence-electron chi connectivity index (χ3n) is 3.98. The lowest BCUT2D eigenvalue weighted by Crippen LogP contribution is -2.30. The Morgan fingerprint density at radius 3 is 2.55 bits per heavy atom. The second kappa shape index (κ2) is 7.19. The van der Waals surface area contributed by atoms with Gasteiger partial charge in [-0.05, 0) is 55.8 Å². The van der Waals surface area contributed by atoms with Crippen LogP contribution in [-0.4, -0.2) is 29.1 Å². The number of aliphatic hydroxyl groups excluding tert-OH is 1. The van der Waals surface area contributed by atoms with Gasteiger partial charge in [-0.25, -0.2) is 4.39 Å². The maximum Gasteiger partial charge on any atom is 0.123 e. The largest absolute Gasteiger partial charge is 0.388 e. The maximum atomic E-state index is 13.2. The van der Waals surface area contributed by atoms with Crippen LogP contribution in [0.1, 0.15) is 51.2 Å². The van der Waals surface area contributed by atoms with E-state index in [2.05, 4.69) is 18.7 Å². The number of hydrogen-bond acceptors (Lipinski definition) is 2. The zero-order valence-corrected chi connectivity index (χ0v) is 12.6. The molecule has 0 heterocycles. The molecule has 1 aromatic rings. The summed E-state index contributed by atoms with van der Waals surface area (Å²) in [5.74, 6) is 0.435. The number of rotatable bonds is 8. The summed E-state index contributed by atoms with van der Waals surface area (Å²) in [5.41, 5.74) is 0.685. The fourth-order valence-corrected chi connectivity index (χ4v) is 2.51. The van der Waals surface area contributed by atoms with Crippen molar-refractivity contribution in [3.8, 4) is 0 Å². The molecule has 2 rings (SSSR count). The molecular formula is C17H26FNO. The molecule has 2 nitrogen and oxygen atoms in total. The van der Waals surface area contributed by atoms with Crippen LogP contribution in [0.4, 0.5) is 4.39 Å². The molecule has 0 aliphatic heterocycles. The smallest absolute Gasteiger partial charge is 0.123 e. The van der Waals surface area contributed by atoms with Gasteiger partial charge in [0.1, 0.15) is 5.82 Å². The highest BCUT2D eigenvalue weighted by atomic mass is 19.1. The number of nitrogens with zero attached hydrogens (tertiary/aromatic N) is 1. The first-order chi connectivity index (χ1) is 9.56. The first kappa shape index (κ1) is 15.5. The molecule has 1 aliphatic carbocycles. The van der Waals surface area contributed by atoms with Gasteiger partial charge in [-0.15, -0.1) is 0 Å². The lowest BCUT2D eigenvalue weighted by Gasteiger charge is -2.24. The average molecular weight is 279 g/mol. The van der Waals surface area contributed by atoms with E-state index in [1.165, 1.54) is 31.4 Å². The summed E-state index contributed by atoms with van der Waals surface area (Å²) in [6.45, 7) is 6.49. The summed E-state index contributed by atoms with van der Waals surface area (Å²) in [5, 5.41) is 10.2. The van der Waals surface area contributed by atoms with Gasteiger partial charge in [-0.2, -0.15) is 0 Å². The van der Waals surface area contributed by atoms with E-state index in [0.29, 0.717) is 23.9 Å². The number of hydrogen-bond donors (Lipinski definition) is 1. The van der Waals surface area contributed by atoms with Crippen molar-refractivity contribution >= 4 is 0 Å². The molecular weight excluding hydrogens is 253 g/mol. The van der Waals surface area contributed by atoms with Gasteiger partial charge in [0.25, 0.3) is 0 Å². The van der Waals surface area contributed by atoms with E-state index in [1.54, 1.807) is 12.1 Å². The van der Waals surface area contributed by atoms with Gasteiger partial charge < -0.3 is 10.0 Å². The van der Waals surface area contributed by atoms with Crippen LogP contribution in [0.2, 0.25) is 0 Å². The summed E-state index contributed by atoms with van der Waals surface area (Å²) in [6.07, 6.45) is 3.89. The van der Waals surface area contributed by atoms with Gasteiger partial charge in [0.2, 0.25) is 0 Å². The zero-order chi connectivity index (χ0) is 14.5. The number of halogens is 1. The van der Waals surface area contributed by atoms with Crippen molar-refractivity contribution in [3.05, 3.63) is 35.6 Å². The van der Waals surface area contributed by atoms with Crippen molar-refractivity contribution < 1.29 is 9.50 Å². The van der Waals surface area contributed by atoms with Crippen LogP contribution >= 0.6 is 0 Å². The molecule has 3 heteroatoms. The first-order valence-corrected chi connectivity index (χ1v) is 7.74. The van der Waals surface area contributed by atoms with Crippen LogP contribution in [0.5, 0.6) is 0 Å². The molecule has 1 saturated carbocycles. The van der Waals surface area contributed by atoms with Gasteiger partial charge in [0, 0.05) is 12.6 Å². The van der Waals surface area contributed by atoms with Gasteiger partial charge in [-0.1, -0.05) is 26.0 Å². The Labute approximate surface area is 121 Å². The Balaban J connectivity index is 1.82. The molecule has 20 heavy (non-hydrogen) atoms. The van der Waals surface area contributed by atoms with E-state index in [1.807, 2.05) is 0 Å². The minimum atomic E-state index is -0.564. The lowest BCUT2D eigenvalue weighted by atomic mass is 10.1. The summed E-state index contributed by atoms with van der Waals surface area (Å²) in [4.78, 5) is 2.49. The summed E-state index contributed by atoms with van der Waals surface area (Å²) in [6, 6.07) is 7.01. The lowest BCUT2D eigenvalue weighted by molar-refractivity contribution is 0.137. The maximum absolute atomic E-state index is 13.2. The van der Waals surface area contributed by atoms with Crippen LogP contribution in [0.25, 0.3) is 0 Å². The first-order valence-electron chi connectivity index (χ1n) is 7.74. The predicted molar refractivity (Wildman–Crippen MR) is 80.0 cm³/mol. The molecule has 1 aromatic carbocycles. The van der Waals surface area contributed by atoms with Crippen molar-refractivity contribution in [3.63, 3.8) is 0 Å². The quantitative estimate of drug-likeness (QED) is 0.783.